The first kappa shape index (κ1) is 10.8. The van der Waals surface area contributed by atoms with E-state index in [4.69, 9.17) is 10.5 Å². The largest absolute Gasteiger partial charge is 0.376 e. The zero-order valence-corrected chi connectivity index (χ0v) is 7.80. The van der Waals surface area contributed by atoms with Crippen LogP contribution in [0.4, 0.5) is 8.78 Å². The van der Waals surface area contributed by atoms with Crippen LogP contribution in [0.1, 0.15) is 6.92 Å². The van der Waals surface area contributed by atoms with Crippen LogP contribution in [-0.4, -0.2) is 49.7 Å². The van der Waals surface area contributed by atoms with E-state index in [9.17, 15) is 8.78 Å². The van der Waals surface area contributed by atoms with Crippen molar-refractivity contribution >= 4 is 0 Å². The molecule has 1 aliphatic rings. The monoisotopic (exact) mass is 194 g/mol. The van der Waals surface area contributed by atoms with Crippen LogP contribution in [0.3, 0.4) is 0 Å². The molecule has 1 saturated heterocycles. The lowest BCUT2D eigenvalue weighted by atomic mass is 10.1. The lowest BCUT2D eigenvalue weighted by Gasteiger charge is -2.40. The van der Waals surface area contributed by atoms with Gasteiger partial charge in [-0.1, -0.05) is 0 Å². The number of rotatable bonds is 5. The van der Waals surface area contributed by atoms with Crippen LogP contribution < -0.4 is 5.73 Å². The van der Waals surface area contributed by atoms with Gasteiger partial charge in [0.1, 0.15) is 0 Å². The lowest BCUT2D eigenvalue weighted by molar-refractivity contribution is -0.0967. The fourth-order valence-corrected chi connectivity index (χ4v) is 1.38. The summed E-state index contributed by atoms with van der Waals surface area (Å²) in [5.41, 5.74) is 4.92. The summed E-state index contributed by atoms with van der Waals surface area (Å²) in [4.78, 5) is 1.66. The second kappa shape index (κ2) is 4.30. The highest BCUT2D eigenvalue weighted by Gasteiger charge is 2.36. The highest BCUT2D eigenvalue weighted by atomic mass is 19.3. The van der Waals surface area contributed by atoms with Gasteiger partial charge in [-0.05, 0) is 6.92 Å². The van der Waals surface area contributed by atoms with Crippen molar-refractivity contribution in [2.75, 3.05) is 32.8 Å². The molecule has 3 nitrogen and oxygen atoms in total. The Morgan fingerprint density at radius 1 is 1.54 bits per heavy atom. The van der Waals surface area contributed by atoms with Gasteiger partial charge in [-0.3, -0.25) is 4.90 Å². The minimum Gasteiger partial charge on any atom is -0.376 e. The first-order valence-corrected chi connectivity index (χ1v) is 4.49. The summed E-state index contributed by atoms with van der Waals surface area (Å²) >= 11 is 0. The van der Waals surface area contributed by atoms with E-state index in [1.807, 2.05) is 6.92 Å². The van der Waals surface area contributed by atoms with E-state index in [-0.39, 0.29) is 12.6 Å². The molecule has 0 aliphatic carbocycles. The van der Waals surface area contributed by atoms with Crippen molar-refractivity contribution in [3.8, 4) is 0 Å². The van der Waals surface area contributed by atoms with E-state index in [1.165, 1.54) is 0 Å². The number of hydrogen-bond donors (Lipinski definition) is 1. The minimum atomic E-state index is -2.75. The van der Waals surface area contributed by atoms with E-state index in [1.54, 1.807) is 4.90 Å². The molecule has 5 heteroatoms. The summed E-state index contributed by atoms with van der Waals surface area (Å²) in [6.07, 6.45) is 0.138. The molecule has 0 spiro atoms. The second-order valence-electron chi connectivity index (χ2n) is 3.33. The summed E-state index contributed by atoms with van der Waals surface area (Å²) in [5.74, 6) is -2.75. The van der Waals surface area contributed by atoms with Crippen LogP contribution in [0.5, 0.6) is 0 Å². The fourth-order valence-electron chi connectivity index (χ4n) is 1.38. The molecule has 0 aromatic heterocycles. The molecule has 0 bridgehead atoms. The molecule has 1 heterocycles. The third-order valence-corrected chi connectivity index (χ3v) is 2.08. The normalized spacial score (nSPS) is 20.3. The Labute approximate surface area is 76.8 Å². The topological polar surface area (TPSA) is 38.5 Å². The summed E-state index contributed by atoms with van der Waals surface area (Å²) < 4.78 is 30.7. The van der Waals surface area contributed by atoms with Crippen molar-refractivity contribution in [3.63, 3.8) is 0 Å². The Hall–Kier alpha value is -0.260. The van der Waals surface area contributed by atoms with Gasteiger partial charge in [0.05, 0.1) is 19.2 Å². The fraction of sp³-hybridized carbons (Fsp3) is 1.00. The van der Waals surface area contributed by atoms with Crippen LogP contribution in [0, 0.1) is 0 Å². The number of likely N-dealkylation sites (tertiary alicyclic amines) is 1. The molecule has 2 N–H and O–H groups in total. The van der Waals surface area contributed by atoms with Crippen molar-refractivity contribution in [2.24, 2.45) is 5.73 Å². The molecular weight excluding hydrogens is 178 g/mol. The van der Waals surface area contributed by atoms with Crippen LogP contribution in [0.25, 0.3) is 0 Å². The summed E-state index contributed by atoms with van der Waals surface area (Å²) in [5, 5.41) is 0. The Morgan fingerprint density at radius 2 is 2.15 bits per heavy atom. The highest BCUT2D eigenvalue weighted by Crippen LogP contribution is 2.19. The Balaban J connectivity index is 2.14. The van der Waals surface area contributed by atoms with E-state index in [0.29, 0.717) is 19.7 Å². The van der Waals surface area contributed by atoms with E-state index >= 15 is 0 Å². The van der Waals surface area contributed by atoms with Crippen molar-refractivity contribution in [3.05, 3.63) is 0 Å². The number of hydrogen-bond acceptors (Lipinski definition) is 3. The van der Waals surface area contributed by atoms with Crippen molar-refractivity contribution < 1.29 is 13.5 Å². The third kappa shape index (κ3) is 3.17. The molecule has 0 saturated carbocycles. The maximum absolute atomic E-state index is 12.7. The van der Waals surface area contributed by atoms with Gasteiger partial charge < -0.3 is 10.5 Å². The van der Waals surface area contributed by atoms with Gasteiger partial charge in [0.15, 0.2) is 0 Å². The number of halogens is 2. The Bertz CT molecular complexity index is 160. The Morgan fingerprint density at radius 3 is 2.62 bits per heavy atom. The molecule has 78 valence electrons. The molecule has 0 aromatic carbocycles. The smallest absolute Gasteiger partial charge is 0.272 e. The summed E-state index contributed by atoms with van der Waals surface area (Å²) in [6.45, 7) is 2.92. The molecule has 1 fully saturated rings. The number of nitrogens with two attached hydrogens (primary N) is 1. The number of alkyl halides is 2. The molecular formula is C8H16F2N2O. The summed E-state index contributed by atoms with van der Waals surface area (Å²) in [7, 11) is 0. The van der Waals surface area contributed by atoms with Crippen molar-refractivity contribution in [1.82, 2.24) is 4.90 Å². The van der Waals surface area contributed by atoms with Gasteiger partial charge in [0, 0.05) is 19.7 Å². The SMILES string of the molecule is CCOC1CN(CC(F)(F)CN)C1. The van der Waals surface area contributed by atoms with Gasteiger partial charge in [0.2, 0.25) is 0 Å². The molecule has 0 atom stereocenters. The van der Waals surface area contributed by atoms with Crippen LogP contribution in [-0.2, 0) is 4.74 Å². The predicted molar refractivity (Wildman–Crippen MR) is 45.9 cm³/mol. The van der Waals surface area contributed by atoms with E-state index < -0.39 is 12.5 Å². The minimum absolute atomic E-state index is 0.138. The average molecular weight is 194 g/mol. The van der Waals surface area contributed by atoms with Crippen molar-refractivity contribution in [2.45, 2.75) is 19.0 Å². The van der Waals surface area contributed by atoms with Gasteiger partial charge in [0.25, 0.3) is 5.92 Å². The molecule has 1 rings (SSSR count). The molecule has 0 radical (unpaired) electrons. The summed E-state index contributed by atoms with van der Waals surface area (Å²) in [6, 6.07) is 0. The van der Waals surface area contributed by atoms with Crippen LogP contribution in [0.15, 0.2) is 0 Å². The first-order valence-electron chi connectivity index (χ1n) is 4.49. The van der Waals surface area contributed by atoms with E-state index in [0.717, 1.165) is 0 Å². The quantitative estimate of drug-likeness (QED) is 0.684. The average Bonchev–Trinajstić information content (AvgIpc) is 2.01. The van der Waals surface area contributed by atoms with Gasteiger partial charge in [-0.15, -0.1) is 0 Å². The van der Waals surface area contributed by atoms with Crippen LogP contribution >= 0.6 is 0 Å². The zero-order chi connectivity index (χ0) is 9.90. The maximum Gasteiger partial charge on any atom is 0.272 e. The maximum atomic E-state index is 12.7. The van der Waals surface area contributed by atoms with Gasteiger partial charge >= 0.3 is 0 Å². The molecule has 0 unspecified atom stereocenters. The zero-order valence-electron chi connectivity index (χ0n) is 7.80. The second-order valence-corrected chi connectivity index (χ2v) is 3.33. The molecule has 0 amide bonds. The third-order valence-electron chi connectivity index (χ3n) is 2.08. The van der Waals surface area contributed by atoms with Crippen molar-refractivity contribution in [1.29, 1.82) is 0 Å². The first-order chi connectivity index (χ1) is 6.07. The lowest BCUT2D eigenvalue weighted by Crippen LogP contribution is -2.56. The van der Waals surface area contributed by atoms with E-state index in [2.05, 4.69) is 0 Å². The highest BCUT2D eigenvalue weighted by molar-refractivity contribution is 4.85. The predicted octanol–water partition coefficient (Wildman–Crippen LogP) is 0.301. The number of nitrogens with zero attached hydrogens (tertiary/aromatic N) is 1. The number of ether oxygens (including phenoxy) is 1. The standard InChI is InChI=1S/C8H16F2N2O/c1-2-13-7-3-12(4-7)6-8(9,10)5-11/h7H,2-6,11H2,1H3. The van der Waals surface area contributed by atoms with Gasteiger partial charge in [-0.25, -0.2) is 8.78 Å². The van der Waals surface area contributed by atoms with Crippen LogP contribution in [0.2, 0.25) is 0 Å². The molecule has 0 aromatic rings. The molecule has 13 heavy (non-hydrogen) atoms. The molecule has 1 aliphatic heterocycles. The Kier molecular flexibility index (Phi) is 3.58. The van der Waals surface area contributed by atoms with Gasteiger partial charge in [-0.2, -0.15) is 0 Å².